The summed E-state index contributed by atoms with van der Waals surface area (Å²) in [6.07, 6.45) is 0. The summed E-state index contributed by atoms with van der Waals surface area (Å²) in [6, 6.07) is 5.51. The van der Waals surface area contributed by atoms with E-state index in [1.54, 1.807) is 16.7 Å². The van der Waals surface area contributed by atoms with Gasteiger partial charge in [-0.05, 0) is 17.7 Å². The van der Waals surface area contributed by atoms with E-state index in [1.165, 1.54) is 0 Å². The zero-order valence-corrected chi connectivity index (χ0v) is 12.5. The Kier molecular flexibility index (Phi) is 4.04. The average Bonchev–Trinajstić information content (AvgIpc) is 3.00. The summed E-state index contributed by atoms with van der Waals surface area (Å²) in [4.78, 5) is 26.9. The molecule has 1 N–H and O–H groups in total. The van der Waals surface area contributed by atoms with Gasteiger partial charge in [0.05, 0.1) is 0 Å². The van der Waals surface area contributed by atoms with Crippen LogP contribution in [0.4, 0.5) is 4.79 Å². The number of fused-ring (bicyclic) bond motifs is 1. The van der Waals surface area contributed by atoms with Crippen molar-refractivity contribution in [3.8, 4) is 11.5 Å². The number of nitrogens with zero attached hydrogens (tertiary/aromatic N) is 2. The fraction of sp³-hybridized carbons (Fsp3) is 0.467. The number of benzene rings is 1. The monoisotopic (exact) mass is 305 g/mol. The molecule has 0 aromatic heterocycles. The Labute approximate surface area is 128 Å². The smallest absolute Gasteiger partial charge is 0.317 e. The molecule has 0 radical (unpaired) electrons. The Hall–Kier alpha value is -2.44. The van der Waals surface area contributed by atoms with E-state index >= 15 is 0 Å². The van der Waals surface area contributed by atoms with Gasteiger partial charge in [0, 0.05) is 39.6 Å². The summed E-state index contributed by atoms with van der Waals surface area (Å²) in [6.45, 7) is 4.53. The first-order valence-electron chi connectivity index (χ1n) is 7.30. The maximum atomic E-state index is 12.1. The van der Waals surface area contributed by atoms with Crippen LogP contribution in [0.15, 0.2) is 18.2 Å². The Bertz CT molecular complexity index is 582. The largest absolute Gasteiger partial charge is 0.454 e. The van der Waals surface area contributed by atoms with Gasteiger partial charge in [0.1, 0.15) is 0 Å². The van der Waals surface area contributed by atoms with Gasteiger partial charge in [0.15, 0.2) is 11.5 Å². The molecule has 2 aliphatic heterocycles. The number of amides is 3. The molecule has 22 heavy (non-hydrogen) atoms. The molecule has 2 heterocycles. The molecule has 0 spiro atoms. The van der Waals surface area contributed by atoms with E-state index in [2.05, 4.69) is 5.32 Å². The van der Waals surface area contributed by atoms with Gasteiger partial charge < -0.3 is 24.6 Å². The Morgan fingerprint density at radius 2 is 1.77 bits per heavy atom. The van der Waals surface area contributed by atoms with E-state index in [9.17, 15) is 9.59 Å². The normalized spacial score (nSPS) is 16.6. The van der Waals surface area contributed by atoms with Crippen molar-refractivity contribution in [1.82, 2.24) is 15.1 Å². The van der Waals surface area contributed by atoms with E-state index in [-0.39, 0.29) is 18.7 Å². The molecule has 7 nitrogen and oxygen atoms in total. The lowest BCUT2D eigenvalue weighted by atomic mass is 10.2. The second-order valence-electron chi connectivity index (χ2n) is 5.34. The van der Waals surface area contributed by atoms with Crippen LogP contribution in [0.25, 0.3) is 0 Å². The summed E-state index contributed by atoms with van der Waals surface area (Å²) >= 11 is 0. The van der Waals surface area contributed by atoms with Crippen LogP contribution in [-0.4, -0.2) is 54.7 Å². The highest BCUT2D eigenvalue weighted by Crippen LogP contribution is 2.32. The summed E-state index contributed by atoms with van der Waals surface area (Å²) in [5.74, 6) is 1.50. The van der Waals surface area contributed by atoms with Gasteiger partial charge in [-0.15, -0.1) is 0 Å². The van der Waals surface area contributed by atoms with Gasteiger partial charge in [-0.25, -0.2) is 4.79 Å². The third-order valence-electron chi connectivity index (χ3n) is 3.89. The second kappa shape index (κ2) is 6.13. The van der Waals surface area contributed by atoms with Crippen molar-refractivity contribution in [1.29, 1.82) is 0 Å². The molecule has 7 heteroatoms. The quantitative estimate of drug-likeness (QED) is 0.877. The summed E-state index contributed by atoms with van der Waals surface area (Å²) in [5, 5.41) is 2.89. The molecule has 1 aromatic rings. The molecule has 1 aromatic carbocycles. The molecule has 2 aliphatic rings. The van der Waals surface area contributed by atoms with Crippen molar-refractivity contribution in [2.24, 2.45) is 0 Å². The number of hydrogen-bond donors (Lipinski definition) is 1. The highest BCUT2D eigenvalue weighted by molar-refractivity contribution is 5.76. The van der Waals surface area contributed by atoms with Crippen LogP contribution < -0.4 is 14.8 Å². The fourth-order valence-corrected chi connectivity index (χ4v) is 2.56. The lowest BCUT2D eigenvalue weighted by Crippen LogP contribution is -2.52. The highest BCUT2D eigenvalue weighted by Gasteiger charge is 2.22. The predicted octanol–water partition coefficient (Wildman–Crippen LogP) is 0.789. The standard InChI is InChI=1S/C15H19N3O4/c1-11(19)17-4-6-18(7-5-17)15(20)16-9-12-2-3-13-14(8-12)22-10-21-13/h2-3,8H,4-7,9-10H2,1H3,(H,16,20). The average molecular weight is 305 g/mol. The molecule has 0 bridgehead atoms. The van der Waals surface area contributed by atoms with Crippen molar-refractivity contribution in [3.63, 3.8) is 0 Å². The molecule has 1 fully saturated rings. The SMILES string of the molecule is CC(=O)N1CCN(C(=O)NCc2ccc3c(c2)OCO3)CC1. The van der Waals surface area contributed by atoms with Crippen LogP contribution in [-0.2, 0) is 11.3 Å². The van der Waals surface area contributed by atoms with Gasteiger partial charge in [0.2, 0.25) is 12.7 Å². The van der Waals surface area contributed by atoms with Crippen LogP contribution in [0.5, 0.6) is 11.5 Å². The number of nitrogens with one attached hydrogen (secondary N) is 1. The van der Waals surface area contributed by atoms with E-state index in [0.29, 0.717) is 38.5 Å². The molecule has 3 rings (SSSR count). The summed E-state index contributed by atoms with van der Waals surface area (Å²) < 4.78 is 10.6. The third kappa shape index (κ3) is 3.08. The Morgan fingerprint density at radius 1 is 1.09 bits per heavy atom. The zero-order chi connectivity index (χ0) is 15.5. The Morgan fingerprint density at radius 3 is 2.50 bits per heavy atom. The molecule has 3 amide bonds. The highest BCUT2D eigenvalue weighted by atomic mass is 16.7. The molecule has 0 unspecified atom stereocenters. The number of rotatable bonds is 2. The van der Waals surface area contributed by atoms with E-state index in [1.807, 2.05) is 18.2 Å². The van der Waals surface area contributed by atoms with Gasteiger partial charge >= 0.3 is 6.03 Å². The van der Waals surface area contributed by atoms with E-state index in [4.69, 9.17) is 9.47 Å². The molecule has 1 saturated heterocycles. The number of carbonyl (C=O) groups is 2. The lowest BCUT2D eigenvalue weighted by molar-refractivity contribution is -0.130. The molecule has 0 aliphatic carbocycles. The summed E-state index contributed by atoms with van der Waals surface area (Å²) in [5.41, 5.74) is 0.958. The molecule has 0 saturated carbocycles. The maximum Gasteiger partial charge on any atom is 0.317 e. The molecule has 0 atom stereocenters. The van der Waals surface area contributed by atoms with Crippen LogP contribution in [0.2, 0.25) is 0 Å². The minimum atomic E-state index is -0.110. The van der Waals surface area contributed by atoms with Crippen molar-refractivity contribution in [2.75, 3.05) is 33.0 Å². The van der Waals surface area contributed by atoms with E-state index < -0.39 is 0 Å². The van der Waals surface area contributed by atoms with Gasteiger partial charge in [0.25, 0.3) is 0 Å². The van der Waals surface area contributed by atoms with Crippen molar-refractivity contribution in [2.45, 2.75) is 13.5 Å². The minimum Gasteiger partial charge on any atom is -0.454 e. The Balaban J connectivity index is 1.49. The number of urea groups is 1. The number of ether oxygens (including phenoxy) is 2. The third-order valence-corrected chi connectivity index (χ3v) is 3.89. The van der Waals surface area contributed by atoms with Crippen LogP contribution in [0.3, 0.4) is 0 Å². The fourth-order valence-electron chi connectivity index (χ4n) is 2.56. The first kappa shape index (κ1) is 14.5. The zero-order valence-electron chi connectivity index (χ0n) is 12.5. The number of hydrogen-bond acceptors (Lipinski definition) is 4. The van der Waals surface area contributed by atoms with Crippen LogP contribution in [0, 0.1) is 0 Å². The maximum absolute atomic E-state index is 12.1. The first-order chi connectivity index (χ1) is 10.6. The first-order valence-corrected chi connectivity index (χ1v) is 7.30. The summed E-state index contributed by atoms with van der Waals surface area (Å²) in [7, 11) is 0. The predicted molar refractivity (Wildman–Crippen MR) is 78.6 cm³/mol. The van der Waals surface area contributed by atoms with Crippen LogP contribution in [0.1, 0.15) is 12.5 Å². The van der Waals surface area contributed by atoms with Crippen molar-refractivity contribution < 1.29 is 19.1 Å². The van der Waals surface area contributed by atoms with Gasteiger partial charge in [-0.1, -0.05) is 6.07 Å². The number of piperazine rings is 1. The molecule has 118 valence electrons. The minimum absolute atomic E-state index is 0.0559. The van der Waals surface area contributed by atoms with E-state index in [0.717, 1.165) is 11.3 Å². The molecular formula is C15H19N3O4. The topological polar surface area (TPSA) is 71.1 Å². The van der Waals surface area contributed by atoms with Gasteiger partial charge in [-0.3, -0.25) is 4.79 Å². The molecular weight excluding hydrogens is 286 g/mol. The van der Waals surface area contributed by atoms with Crippen LogP contribution >= 0.6 is 0 Å². The second-order valence-corrected chi connectivity index (χ2v) is 5.34. The lowest BCUT2D eigenvalue weighted by Gasteiger charge is -2.34. The van der Waals surface area contributed by atoms with Crippen molar-refractivity contribution >= 4 is 11.9 Å². The van der Waals surface area contributed by atoms with Crippen molar-refractivity contribution in [3.05, 3.63) is 23.8 Å². The number of carbonyl (C=O) groups excluding carboxylic acids is 2. The van der Waals surface area contributed by atoms with Gasteiger partial charge in [-0.2, -0.15) is 0 Å².